The van der Waals surface area contributed by atoms with Crippen LogP contribution < -0.4 is 0 Å². The SMILES string of the molecule is CCCCCCCCCCCOC(=O)C1CCC(C(=O)OC(C)C)CC1. The third kappa shape index (κ3) is 10.2. The van der Waals surface area contributed by atoms with Crippen LogP contribution in [0.15, 0.2) is 0 Å². The fourth-order valence-electron chi connectivity index (χ4n) is 3.60. The maximum absolute atomic E-state index is 12.1. The van der Waals surface area contributed by atoms with Gasteiger partial charge in [0.2, 0.25) is 0 Å². The van der Waals surface area contributed by atoms with Crippen LogP contribution in [0.25, 0.3) is 0 Å². The van der Waals surface area contributed by atoms with Crippen molar-refractivity contribution in [3.05, 3.63) is 0 Å². The second kappa shape index (κ2) is 14.1. The molecule has 0 radical (unpaired) electrons. The minimum atomic E-state index is -0.110. The van der Waals surface area contributed by atoms with Crippen molar-refractivity contribution in [3.8, 4) is 0 Å². The van der Waals surface area contributed by atoms with Crippen LogP contribution in [-0.2, 0) is 19.1 Å². The van der Waals surface area contributed by atoms with Gasteiger partial charge in [-0.2, -0.15) is 0 Å². The highest BCUT2D eigenvalue weighted by atomic mass is 16.5. The van der Waals surface area contributed by atoms with Crippen molar-refractivity contribution in [3.63, 3.8) is 0 Å². The quantitative estimate of drug-likeness (QED) is 0.304. The number of unbranched alkanes of at least 4 members (excludes halogenated alkanes) is 8. The zero-order valence-corrected chi connectivity index (χ0v) is 17.3. The molecule has 0 bridgehead atoms. The summed E-state index contributed by atoms with van der Waals surface area (Å²) in [6.07, 6.45) is 14.3. The molecule has 0 atom stereocenters. The first kappa shape index (κ1) is 23.0. The van der Waals surface area contributed by atoms with Gasteiger partial charge in [-0.3, -0.25) is 9.59 Å². The van der Waals surface area contributed by atoms with Crippen LogP contribution in [-0.4, -0.2) is 24.6 Å². The van der Waals surface area contributed by atoms with Crippen LogP contribution in [0, 0.1) is 11.8 Å². The molecule has 0 spiro atoms. The first-order chi connectivity index (χ1) is 12.5. The second-order valence-corrected chi connectivity index (χ2v) is 8.03. The molecule has 1 fully saturated rings. The van der Waals surface area contributed by atoms with Crippen LogP contribution in [0.3, 0.4) is 0 Å². The highest BCUT2D eigenvalue weighted by Crippen LogP contribution is 2.30. The van der Waals surface area contributed by atoms with Gasteiger partial charge < -0.3 is 9.47 Å². The minimum absolute atomic E-state index is 0.0309. The molecule has 4 heteroatoms. The lowest BCUT2D eigenvalue weighted by Gasteiger charge is -2.26. The highest BCUT2D eigenvalue weighted by Gasteiger charge is 2.31. The molecule has 4 nitrogen and oxygen atoms in total. The lowest BCUT2D eigenvalue weighted by Crippen LogP contribution is -2.29. The van der Waals surface area contributed by atoms with Gasteiger partial charge in [-0.1, -0.05) is 58.3 Å². The van der Waals surface area contributed by atoms with E-state index >= 15 is 0 Å². The predicted molar refractivity (Wildman–Crippen MR) is 105 cm³/mol. The molecule has 152 valence electrons. The van der Waals surface area contributed by atoms with Crippen LogP contribution in [0.1, 0.15) is 104 Å². The average Bonchev–Trinajstić information content (AvgIpc) is 2.62. The van der Waals surface area contributed by atoms with E-state index in [0.717, 1.165) is 38.5 Å². The zero-order chi connectivity index (χ0) is 19.2. The number of hydrogen-bond donors (Lipinski definition) is 0. The molecule has 0 aliphatic heterocycles. The van der Waals surface area contributed by atoms with Crippen molar-refractivity contribution >= 4 is 11.9 Å². The maximum atomic E-state index is 12.1. The van der Waals surface area contributed by atoms with E-state index < -0.39 is 0 Å². The molecule has 26 heavy (non-hydrogen) atoms. The van der Waals surface area contributed by atoms with Gasteiger partial charge in [0.25, 0.3) is 0 Å². The fraction of sp³-hybridized carbons (Fsp3) is 0.909. The molecular weight excluding hydrogens is 328 g/mol. The molecular formula is C22H40O4. The number of esters is 2. The monoisotopic (exact) mass is 368 g/mol. The van der Waals surface area contributed by atoms with Gasteiger partial charge in [-0.25, -0.2) is 0 Å². The number of hydrogen-bond acceptors (Lipinski definition) is 4. The normalized spacial score (nSPS) is 20.2. The molecule has 0 saturated heterocycles. The number of carbonyl (C=O) groups is 2. The molecule has 0 aromatic heterocycles. The smallest absolute Gasteiger partial charge is 0.309 e. The third-order valence-corrected chi connectivity index (χ3v) is 5.24. The summed E-state index contributed by atoms with van der Waals surface area (Å²) in [4.78, 5) is 24.1. The van der Waals surface area contributed by atoms with Gasteiger partial charge >= 0.3 is 11.9 Å². The van der Waals surface area contributed by atoms with Gasteiger partial charge in [0.05, 0.1) is 24.5 Å². The second-order valence-electron chi connectivity index (χ2n) is 8.03. The van der Waals surface area contributed by atoms with E-state index in [1.165, 1.54) is 44.9 Å². The summed E-state index contributed by atoms with van der Waals surface area (Å²) in [5.41, 5.74) is 0. The molecule has 0 N–H and O–H groups in total. The van der Waals surface area contributed by atoms with Gasteiger partial charge in [0.15, 0.2) is 0 Å². The first-order valence-electron chi connectivity index (χ1n) is 10.9. The summed E-state index contributed by atoms with van der Waals surface area (Å²) in [7, 11) is 0. The topological polar surface area (TPSA) is 52.6 Å². The van der Waals surface area contributed by atoms with Gasteiger partial charge in [-0.15, -0.1) is 0 Å². The van der Waals surface area contributed by atoms with Crippen LogP contribution in [0.2, 0.25) is 0 Å². The van der Waals surface area contributed by atoms with Crippen LogP contribution in [0.4, 0.5) is 0 Å². The molecule has 0 heterocycles. The van der Waals surface area contributed by atoms with Crippen molar-refractivity contribution in [2.24, 2.45) is 11.8 Å². The van der Waals surface area contributed by atoms with Crippen molar-refractivity contribution < 1.29 is 19.1 Å². The molecule has 1 saturated carbocycles. The maximum Gasteiger partial charge on any atom is 0.309 e. The third-order valence-electron chi connectivity index (χ3n) is 5.24. The first-order valence-corrected chi connectivity index (χ1v) is 10.9. The molecule has 1 rings (SSSR count). The summed E-state index contributed by atoms with van der Waals surface area (Å²) in [5, 5.41) is 0. The summed E-state index contributed by atoms with van der Waals surface area (Å²) in [6, 6.07) is 0. The standard InChI is InChI=1S/C22H40O4/c1-4-5-6-7-8-9-10-11-12-17-25-21(23)19-13-15-20(16-14-19)22(24)26-18(2)3/h18-20H,4-17H2,1-3H3. The predicted octanol–water partition coefficient (Wildman–Crippen LogP) is 5.82. The number of ether oxygens (including phenoxy) is 2. The zero-order valence-electron chi connectivity index (χ0n) is 17.3. The Morgan fingerprint density at radius 2 is 1.23 bits per heavy atom. The lowest BCUT2D eigenvalue weighted by atomic mass is 9.82. The van der Waals surface area contributed by atoms with E-state index in [9.17, 15) is 9.59 Å². The highest BCUT2D eigenvalue weighted by molar-refractivity contribution is 5.75. The number of carbonyl (C=O) groups excluding carboxylic acids is 2. The van der Waals surface area contributed by atoms with Crippen molar-refractivity contribution in [2.45, 2.75) is 110 Å². The Balaban J connectivity index is 2.01. The summed E-state index contributed by atoms with van der Waals surface area (Å²) >= 11 is 0. The average molecular weight is 369 g/mol. The minimum Gasteiger partial charge on any atom is -0.465 e. The van der Waals surface area contributed by atoms with E-state index in [1.54, 1.807) is 0 Å². The summed E-state index contributed by atoms with van der Waals surface area (Å²) in [6.45, 7) is 6.53. The van der Waals surface area contributed by atoms with Gasteiger partial charge in [-0.05, 0) is 46.0 Å². The van der Waals surface area contributed by atoms with E-state index in [-0.39, 0.29) is 29.9 Å². The van der Waals surface area contributed by atoms with E-state index in [2.05, 4.69) is 6.92 Å². The Morgan fingerprint density at radius 3 is 1.73 bits per heavy atom. The molecule has 1 aliphatic rings. The van der Waals surface area contributed by atoms with Crippen molar-refractivity contribution in [1.82, 2.24) is 0 Å². The summed E-state index contributed by atoms with van der Waals surface area (Å²) in [5.74, 6) is -0.253. The molecule has 0 aromatic carbocycles. The molecule has 0 unspecified atom stereocenters. The summed E-state index contributed by atoms with van der Waals surface area (Å²) < 4.78 is 10.7. The Hall–Kier alpha value is -1.06. The number of rotatable bonds is 13. The molecule has 0 aromatic rings. The van der Waals surface area contributed by atoms with Crippen molar-refractivity contribution in [2.75, 3.05) is 6.61 Å². The Labute approximate surface area is 160 Å². The van der Waals surface area contributed by atoms with Gasteiger partial charge in [0, 0.05) is 0 Å². The van der Waals surface area contributed by atoms with E-state index in [4.69, 9.17) is 9.47 Å². The Bertz CT molecular complexity index is 384. The largest absolute Gasteiger partial charge is 0.465 e. The lowest BCUT2D eigenvalue weighted by molar-refractivity contribution is -0.157. The van der Waals surface area contributed by atoms with E-state index in [1.807, 2.05) is 13.8 Å². The molecule has 0 amide bonds. The van der Waals surface area contributed by atoms with Crippen LogP contribution >= 0.6 is 0 Å². The van der Waals surface area contributed by atoms with E-state index in [0.29, 0.717) is 6.61 Å². The Kier molecular flexibility index (Phi) is 12.4. The fourth-order valence-corrected chi connectivity index (χ4v) is 3.60. The van der Waals surface area contributed by atoms with Crippen molar-refractivity contribution in [1.29, 1.82) is 0 Å². The Morgan fingerprint density at radius 1 is 0.769 bits per heavy atom. The van der Waals surface area contributed by atoms with Crippen LogP contribution in [0.5, 0.6) is 0 Å². The van der Waals surface area contributed by atoms with Gasteiger partial charge in [0.1, 0.15) is 0 Å². The molecule has 1 aliphatic carbocycles.